The Morgan fingerprint density at radius 3 is 2.20 bits per heavy atom. The molecule has 4 rings (SSSR count). The van der Waals surface area contributed by atoms with E-state index >= 15 is 0 Å². The lowest BCUT2D eigenvalue weighted by Crippen LogP contribution is -2.46. The molecule has 0 unspecified atom stereocenters. The lowest BCUT2D eigenvalue weighted by atomic mass is 10.0. The Morgan fingerprint density at radius 1 is 0.889 bits per heavy atom. The van der Waals surface area contributed by atoms with Gasteiger partial charge in [-0.15, -0.1) is 0 Å². The average Bonchev–Trinajstić information content (AvgIpc) is 3.03. The number of phenolic OH excluding ortho intramolecular Hbond substituents is 1. The van der Waals surface area contributed by atoms with Gasteiger partial charge in [0.05, 0.1) is 7.11 Å². The maximum Gasteiger partial charge on any atom is 0.336 e. The Labute approximate surface area is 260 Å². The molecule has 0 aliphatic carbocycles. The SMILES string of the molecule is COc1cc([C@@H](Nc2ccc(C(=N)N)cc2)C(=O)N[C@@H](Cc2ccc(O)cc2)C(=O)OC(C)=O)ccc1OCc1ccccc1. The van der Waals surface area contributed by atoms with Gasteiger partial charge < -0.3 is 35.7 Å². The van der Waals surface area contributed by atoms with Crippen molar-refractivity contribution in [3.05, 3.63) is 119 Å². The third-order valence-electron chi connectivity index (χ3n) is 6.75. The number of anilines is 1. The molecule has 4 aromatic carbocycles. The number of nitrogens with one attached hydrogen (secondary N) is 3. The van der Waals surface area contributed by atoms with Crippen molar-refractivity contribution in [3.8, 4) is 17.2 Å². The molecule has 0 aromatic heterocycles. The Bertz CT molecular complexity index is 1640. The molecule has 0 saturated carbocycles. The van der Waals surface area contributed by atoms with Crippen LogP contribution in [0.5, 0.6) is 17.2 Å². The summed E-state index contributed by atoms with van der Waals surface area (Å²) in [5, 5.41) is 23.2. The van der Waals surface area contributed by atoms with Crippen LogP contribution in [-0.2, 0) is 32.1 Å². The van der Waals surface area contributed by atoms with E-state index in [1.54, 1.807) is 54.6 Å². The van der Waals surface area contributed by atoms with E-state index in [1.165, 1.54) is 19.2 Å². The largest absolute Gasteiger partial charge is 0.508 e. The van der Waals surface area contributed by atoms with Crippen LogP contribution in [-0.4, -0.2) is 41.9 Å². The van der Waals surface area contributed by atoms with E-state index < -0.39 is 29.9 Å². The molecule has 1 amide bonds. The van der Waals surface area contributed by atoms with Crippen LogP contribution in [0.3, 0.4) is 0 Å². The number of esters is 2. The second kappa shape index (κ2) is 15.1. The zero-order valence-electron chi connectivity index (χ0n) is 24.8. The van der Waals surface area contributed by atoms with Crippen molar-refractivity contribution in [1.82, 2.24) is 5.32 Å². The summed E-state index contributed by atoms with van der Waals surface area (Å²) in [6.07, 6.45) is -0.00620. The molecule has 232 valence electrons. The lowest BCUT2D eigenvalue weighted by molar-refractivity contribution is -0.160. The summed E-state index contributed by atoms with van der Waals surface area (Å²) in [6, 6.07) is 25.1. The number of aromatic hydroxyl groups is 1. The third kappa shape index (κ3) is 9.07. The molecule has 2 atom stereocenters. The zero-order valence-corrected chi connectivity index (χ0v) is 24.8. The molecule has 0 aliphatic rings. The number of amides is 1. The number of phenols is 1. The molecule has 6 N–H and O–H groups in total. The van der Waals surface area contributed by atoms with Crippen LogP contribution >= 0.6 is 0 Å². The normalized spacial score (nSPS) is 11.9. The van der Waals surface area contributed by atoms with Gasteiger partial charge in [0.15, 0.2) is 11.5 Å². The number of ether oxygens (including phenoxy) is 3. The van der Waals surface area contributed by atoms with Crippen molar-refractivity contribution < 1.29 is 33.7 Å². The van der Waals surface area contributed by atoms with Gasteiger partial charge in [-0.25, -0.2) is 4.79 Å². The number of carbonyl (C=O) groups excluding carboxylic acids is 3. The maximum atomic E-state index is 13.9. The van der Waals surface area contributed by atoms with E-state index in [9.17, 15) is 19.5 Å². The fourth-order valence-corrected chi connectivity index (χ4v) is 4.46. The van der Waals surface area contributed by atoms with E-state index in [0.717, 1.165) is 12.5 Å². The standard InChI is InChI=1S/C34H34N4O7/c1-21(39)45-34(42)28(18-22-8-15-27(40)16-9-22)38-33(41)31(37-26-13-10-24(11-14-26)32(35)36)25-12-17-29(30(19-25)43-2)44-20-23-6-4-3-5-7-23/h3-17,19,28,31,37,40H,18,20H2,1-2H3,(H3,35,36)(H,38,41)/t28-,31+/m0/s1. The molecule has 11 heteroatoms. The molecule has 0 bridgehead atoms. The van der Waals surface area contributed by atoms with Gasteiger partial charge >= 0.3 is 11.9 Å². The molecule has 0 heterocycles. The monoisotopic (exact) mass is 610 g/mol. The van der Waals surface area contributed by atoms with Crippen LogP contribution < -0.4 is 25.8 Å². The first kappa shape index (κ1) is 32.1. The highest BCUT2D eigenvalue weighted by Gasteiger charge is 2.29. The summed E-state index contributed by atoms with van der Waals surface area (Å²) in [5.41, 5.74) is 8.69. The highest BCUT2D eigenvalue weighted by Crippen LogP contribution is 2.32. The number of amidine groups is 1. The third-order valence-corrected chi connectivity index (χ3v) is 6.75. The number of methoxy groups -OCH3 is 1. The van der Waals surface area contributed by atoms with Crippen LogP contribution in [0.2, 0.25) is 0 Å². The van der Waals surface area contributed by atoms with Gasteiger partial charge in [-0.2, -0.15) is 0 Å². The van der Waals surface area contributed by atoms with Crippen molar-refractivity contribution in [2.75, 3.05) is 12.4 Å². The fraction of sp³-hybridized carbons (Fsp3) is 0.176. The van der Waals surface area contributed by atoms with Gasteiger partial charge in [-0.1, -0.05) is 48.5 Å². The zero-order chi connectivity index (χ0) is 32.3. The Balaban J connectivity index is 1.65. The molecule has 0 fully saturated rings. The molecular weight excluding hydrogens is 576 g/mol. The highest BCUT2D eigenvalue weighted by atomic mass is 16.6. The van der Waals surface area contributed by atoms with Crippen LogP contribution in [0.4, 0.5) is 5.69 Å². The van der Waals surface area contributed by atoms with E-state index in [4.69, 9.17) is 25.4 Å². The predicted octanol–water partition coefficient (Wildman–Crippen LogP) is 4.23. The van der Waals surface area contributed by atoms with Crippen molar-refractivity contribution in [2.24, 2.45) is 5.73 Å². The second-order valence-electron chi connectivity index (χ2n) is 10.1. The summed E-state index contributed by atoms with van der Waals surface area (Å²) in [7, 11) is 1.49. The topological polar surface area (TPSA) is 173 Å². The van der Waals surface area contributed by atoms with Gasteiger partial charge in [0, 0.05) is 24.6 Å². The number of carbonyl (C=O) groups is 3. The molecule has 11 nitrogen and oxygen atoms in total. The summed E-state index contributed by atoms with van der Waals surface area (Å²) >= 11 is 0. The number of nitrogens with two attached hydrogens (primary N) is 1. The van der Waals surface area contributed by atoms with Crippen LogP contribution in [0.15, 0.2) is 97.1 Å². The first-order valence-corrected chi connectivity index (χ1v) is 14.0. The molecule has 0 saturated heterocycles. The average molecular weight is 611 g/mol. The minimum absolute atomic E-state index is 0.00620. The van der Waals surface area contributed by atoms with E-state index in [1.807, 2.05) is 30.3 Å². The molecular formula is C34H34N4O7. The number of benzene rings is 4. The van der Waals surface area contributed by atoms with Crippen LogP contribution in [0, 0.1) is 5.41 Å². The van der Waals surface area contributed by atoms with Crippen molar-refractivity contribution in [3.63, 3.8) is 0 Å². The van der Waals surface area contributed by atoms with Gasteiger partial charge in [-0.3, -0.25) is 15.0 Å². The van der Waals surface area contributed by atoms with Crippen molar-refractivity contribution in [2.45, 2.75) is 32.0 Å². The van der Waals surface area contributed by atoms with Crippen molar-refractivity contribution in [1.29, 1.82) is 5.41 Å². The predicted molar refractivity (Wildman–Crippen MR) is 168 cm³/mol. The summed E-state index contributed by atoms with van der Waals surface area (Å²) in [4.78, 5) is 38.5. The highest BCUT2D eigenvalue weighted by molar-refractivity contribution is 5.96. The Hall–Kier alpha value is -5.84. The van der Waals surface area contributed by atoms with Gasteiger partial charge in [0.2, 0.25) is 5.91 Å². The number of nitrogen functional groups attached to an aromatic ring is 1. The minimum Gasteiger partial charge on any atom is -0.508 e. The van der Waals surface area contributed by atoms with Crippen LogP contribution in [0.1, 0.15) is 35.2 Å². The molecule has 45 heavy (non-hydrogen) atoms. The van der Waals surface area contributed by atoms with E-state index in [-0.39, 0.29) is 18.0 Å². The molecule has 0 spiro atoms. The number of rotatable bonds is 13. The summed E-state index contributed by atoms with van der Waals surface area (Å²) < 4.78 is 16.4. The Morgan fingerprint density at radius 2 is 1.58 bits per heavy atom. The summed E-state index contributed by atoms with van der Waals surface area (Å²) in [6.45, 7) is 1.40. The fourth-order valence-electron chi connectivity index (χ4n) is 4.46. The first-order chi connectivity index (χ1) is 21.6. The maximum absolute atomic E-state index is 13.9. The quantitative estimate of drug-likeness (QED) is 0.0642. The minimum atomic E-state index is -1.23. The second-order valence-corrected chi connectivity index (χ2v) is 10.1. The molecule has 4 aromatic rings. The molecule has 0 radical (unpaired) electrons. The first-order valence-electron chi connectivity index (χ1n) is 14.0. The number of hydrogen-bond acceptors (Lipinski definition) is 9. The van der Waals surface area contributed by atoms with E-state index in [0.29, 0.717) is 40.5 Å². The smallest absolute Gasteiger partial charge is 0.336 e. The molecule has 0 aliphatic heterocycles. The lowest BCUT2D eigenvalue weighted by Gasteiger charge is -2.24. The number of hydrogen-bond donors (Lipinski definition) is 5. The summed E-state index contributed by atoms with van der Waals surface area (Å²) in [5.74, 6) is -1.58. The van der Waals surface area contributed by atoms with Gasteiger partial charge in [0.25, 0.3) is 0 Å². The Kier molecular flexibility index (Phi) is 10.7. The van der Waals surface area contributed by atoms with Crippen molar-refractivity contribution >= 4 is 29.4 Å². The van der Waals surface area contributed by atoms with Gasteiger partial charge in [-0.05, 0) is 65.2 Å². The van der Waals surface area contributed by atoms with Gasteiger partial charge in [0.1, 0.15) is 30.3 Å². The van der Waals surface area contributed by atoms with Crippen LogP contribution in [0.25, 0.3) is 0 Å². The van der Waals surface area contributed by atoms with E-state index in [2.05, 4.69) is 10.6 Å².